The number of aryl methyl sites for hydroxylation is 1. The number of nitrogens with zero attached hydrogens (tertiary/aromatic N) is 5. The van der Waals surface area contributed by atoms with Gasteiger partial charge in [0.25, 0.3) is 0 Å². The Morgan fingerprint density at radius 1 is 1.00 bits per heavy atom. The first-order valence-corrected chi connectivity index (χ1v) is 12.4. The van der Waals surface area contributed by atoms with Crippen LogP contribution in [-0.4, -0.2) is 25.1 Å². The zero-order chi connectivity index (χ0) is 24.6. The average Bonchev–Trinajstić information content (AvgIpc) is 3.59. The molecule has 174 valence electrons. The molecular formula is C29H21N5OS. The van der Waals surface area contributed by atoms with E-state index in [9.17, 15) is 10.1 Å². The van der Waals surface area contributed by atoms with Gasteiger partial charge in [0.2, 0.25) is 0 Å². The van der Waals surface area contributed by atoms with Crippen molar-refractivity contribution in [2.75, 3.05) is 0 Å². The summed E-state index contributed by atoms with van der Waals surface area (Å²) in [7, 11) is 0. The van der Waals surface area contributed by atoms with E-state index < -0.39 is 5.92 Å². The number of fused-ring (bicyclic) bond motifs is 2. The first-order valence-electron chi connectivity index (χ1n) is 11.6. The smallest absolute Gasteiger partial charge is 0.197 e. The van der Waals surface area contributed by atoms with E-state index in [1.807, 2.05) is 107 Å². The van der Waals surface area contributed by atoms with Gasteiger partial charge in [0, 0.05) is 11.9 Å². The largest absolute Gasteiger partial charge is 0.322 e. The fourth-order valence-electron chi connectivity index (χ4n) is 4.54. The van der Waals surface area contributed by atoms with Crippen molar-refractivity contribution < 1.29 is 4.79 Å². The van der Waals surface area contributed by atoms with Crippen LogP contribution >= 0.6 is 11.3 Å². The fraction of sp³-hybridized carbons (Fsp3) is 0.103. The summed E-state index contributed by atoms with van der Waals surface area (Å²) >= 11 is 1.37. The quantitative estimate of drug-likeness (QED) is 0.259. The number of Topliss-reactive ketones (excluding diaryl/α,β-unsaturated/α-hetero) is 1. The van der Waals surface area contributed by atoms with Crippen LogP contribution in [-0.2, 0) is 6.54 Å². The van der Waals surface area contributed by atoms with E-state index in [-0.39, 0.29) is 5.78 Å². The summed E-state index contributed by atoms with van der Waals surface area (Å²) in [6, 6.07) is 31.7. The number of carbonyl (C=O) groups excluding carboxylic acids is 1. The molecule has 3 aromatic heterocycles. The SMILES string of the molecule is Cc1nn(-c2ccccc2)c2sc(C(=O)[C@H](C#N)c3nc4ccccc4n3Cc3ccccc3)cc12. The molecule has 0 saturated carbocycles. The number of aromatic nitrogens is 4. The standard InChI is InChI=1S/C29H21N5OS/c1-19-22-16-26(36-29(22)34(32-19)21-12-6-3-7-13-21)27(35)23(17-30)28-31-24-14-8-9-15-25(24)33(28)18-20-10-4-2-5-11-20/h2-16,23H,18H2,1H3/t23-/m0/s1. The molecule has 6 nitrogen and oxygen atoms in total. The van der Waals surface area contributed by atoms with E-state index >= 15 is 0 Å². The number of para-hydroxylation sites is 3. The number of ketones is 1. The molecule has 0 radical (unpaired) electrons. The summed E-state index contributed by atoms with van der Waals surface area (Å²) in [5.41, 5.74) is 4.51. The molecule has 7 heteroatoms. The van der Waals surface area contributed by atoms with Gasteiger partial charge in [0.1, 0.15) is 10.7 Å². The van der Waals surface area contributed by atoms with Crippen LogP contribution in [0.15, 0.2) is 91.0 Å². The van der Waals surface area contributed by atoms with Crippen LogP contribution in [0.2, 0.25) is 0 Å². The fourth-order valence-corrected chi connectivity index (χ4v) is 5.69. The predicted octanol–water partition coefficient (Wildman–Crippen LogP) is 6.28. The molecular weight excluding hydrogens is 466 g/mol. The van der Waals surface area contributed by atoms with Gasteiger partial charge < -0.3 is 4.57 Å². The lowest BCUT2D eigenvalue weighted by molar-refractivity contribution is 0.0979. The van der Waals surface area contributed by atoms with Crippen molar-refractivity contribution in [3.63, 3.8) is 0 Å². The van der Waals surface area contributed by atoms with Gasteiger partial charge in [0.15, 0.2) is 11.7 Å². The Labute approximate surface area is 211 Å². The summed E-state index contributed by atoms with van der Waals surface area (Å²) in [5.74, 6) is -0.809. The summed E-state index contributed by atoms with van der Waals surface area (Å²) in [6.45, 7) is 2.46. The van der Waals surface area contributed by atoms with Gasteiger partial charge in [-0.25, -0.2) is 9.67 Å². The number of imidazole rings is 1. The molecule has 0 N–H and O–H groups in total. The highest BCUT2D eigenvalue weighted by Crippen LogP contribution is 2.34. The first kappa shape index (κ1) is 22.0. The maximum Gasteiger partial charge on any atom is 0.197 e. The molecule has 3 aromatic carbocycles. The molecule has 0 bridgehead atoms. The van der Waals surface area contributed by atoms with Crippen LogP contribution in [0, 0.1) is 18.3 Å². The third-order valence-corrected chi connectivity index (χ3v) is 7.43. The number of hydrogen-bond acceptors (Lipinski definition) is 5. The van der Waals surface area contributed by atoms with Gasteiger partial charge in [0.05, 0.1) is 33.4 Å². The van der Waals surface area contributed by atoms with Crippen molar-refractivity contribution in [2.45, 2.75) is 19.4 Å². The van der Waals surface area contributed by atoms with Gasteiger partial charge in [-0.15, -0.1) is 11.3 Å². The normalized spacial score (nSPS) is 12.1. The molecule has 0 saturated heterocycles. The van der Waals surface area contributed by atoms with Crippen LogP contribution < -0.4 is 0 Å². The summed E-state index contributed by atoms with van der Waals surface area (Å²) in [4.78, 5) is 20.0. The number of hydrogen-bond donors (Lipinski definition) is 0. The summed E-state index contributed by atoms with van der Waals surface area (Å²) in [6.07, 6.45) is 0. The van der Waals surface area contributed by atoms with Crippen molar-refractivity contribution >= 4 is 38.4 Å². The van der Waals surface area contributed by atoms with E-state index in [0.29, 0.717) is 17.2 Å². The minimum Gasteiger partial charge on any atom is -0.322 e. The van der Waals surface area contributed by atoms with Gasteiger partial charge in [-0.3, -0.25) is 4.79 Å². The highest BCUT2D eigenvalue weighted by Gasteiger charge is 2.30. The highest BCUT2D eigenvalue weighted by molar-refractivity contribution is 7.20. The maximum atomic E-state index is 13.8. The second kappa shape index (κ2) is 8.91. The van der Waals surface area contributed by atoms with Crippen molar-refractivity contribution in [3.05, 3.63) is 113 Å². The van der Waals surface area contributed by atoms with Gasteiger partial charge in [-0.05, 0) is 42.8 Å². The van der Waals surface area contributed by atoms with Crippen molar-refractivity contribution in [1.82, 2.24) is 19.3 Å². The van der Waals surface area contributed by atoms with E-state index in [2.05, 4.69) is 11.2 Å². The molecule has 0 aliphatic heterocycles. The zero-order valence-electron chi connectivity index (χ0n) is 19.5. The third-order valence-electron chi connectivity index (χ3n) is 6.31. The van der Waals surface area contributed by atoms with Crippen molar-refractivity contribution in [1.29, 1.82) is 5.26 Å². The molecule has 3 heterocycles. The molecule has 36 heavy (non-hydrogen) atoms. The Bertz CT molecular complexity index is 1760. The molecule has 0 aliphatic rings. The Balaban J connectivity index is 1.44. The Morgan fingerprint density at radius 3 is 2.44 bits per heavy atom. The van der Waals surface area contributed by atoms with Crippen LogP contribution in [0.3, 0.4) is 0 Å². The molecule has 0 amide bonds. The van der Waals surface area contributed by atoms with Crippen molar-refractivity contribution in [3.8, 4) is 11.8 Å². The highest BCUT2D eigenvalue weighted by atomic mass is 32.1. The van der Waals surface area contributed by atoms with Crippen LogP contribution in [0.5, 0.6) is 0 Å². The molecule has 0 aliphatic carbocycles. The van der Waals surface area contributed by atoms with Gasteiger partial charge in [-0.1, -0.05) is 60.7 Å². The first-order chi connectivity index (χ1) is 17.6. The van der Waals surface area contributed by atoms with Crippen LogP contribution in [0.25, 0.3) is 26.9 Å². The number of nitriles is 1. The van der Waals surface area contributed by atoms with Gasteiger partial charge in [-0.2, -0.15) is 10.4 Å². The maximum absolute atomic E-state index is 13.8. The average molecular weight is 488 g/mol. The lowest BCUT2D eigenvalue weighted by Crippen LogP contribution is -2.16. The topological polar surface area (TPSA) is 76.5 Å². The number of carbonyl (C=O) groups is 1. The lowest BCUT2D eigenvalue weighted by Gasteiger charge is -2.12. The lowest BCUT2D eigenvalue weighted by atomic mass is 10.0. The van der Waals surface area contributed by atoms with Crippen LogP contribution in [0.1, 0.15) is 32.7 Å². The number of thiophene rings is 1. The van der Waals surface area contributed by atoms with E-state index in [0.717, 1.165) is 38.2 Å². The number of benzene rings is 3. The minimum absolute atomic E-state index is 0.248. The second-order valence-corrected chi connectivity index (χ2v) is 9.65. The summed E-state index contributed by atoms with van der Waals surface area (Å²) < 4.78 is 3.85. The second-order valence-electron chi connectivity index (χ2n) is 8.62. The molecule has 6 aromatic rings. The Kier molecular flexibility index (Phi) is 5.44. The monoisotopic (exact) mass is 487 g/mol. The minimum atomic E-state index is -1.03. The van der Waals surface area contributed by atoms with Gasteiger partial charge >= 0.3 is 0 Å². The summed E-state index contributed by atoms with van der Waals surface area (Å²) in [5, 5.41) is 15.8. The predicted molar refractivity (Wildman–Crippen MR) is 142 cm³/mol. The van der Waals surface area contributed by atoms with E-state index in [1.54, 1.807) is 0 Å². The molecule has 0 spiro atoms. The van der Waals surface area contributed by atoms with E-state index in [1.165, 1.54) is 11.3 Å². The molecule has 6 rings (SSSR count). The third kappa shape index (κ3) is 3.69. The molecule has 0 unspecified atom stereocenters. The van der Waals surface area contributed by atoms with E-state index in [4.69, 9.17) is 4.98 Å². The Morgan fingerprint density at radius 2 is 1.69 bits per heavy atom. The Hall–Kier alpha value is -4.54. The zero-order valence-corrected chi connectivity index (χ0v) is 20.3. The van der Waals surface area contributed by atoms with Crippen molar-refractivity contribution in [2.24, 2.45) is 0 Å². The number of rotatable bonds is 6. The molecule has 0 fully saturated rings. The molecule has 1 atom stereocenters. The van der Waals surface area contributed by atoms with Crippen LogP contribution in [0.4, 0.5) is 0 Å².